The molecule has 1 saturated heterocycles. The van der Waals surface area contributed by atoms with Crippen LogP contribution in [0.2, 0.25) is 5.02 Å². The Morgan fingerprint density at radius 2 is 2.32 bits per heavy atom. The molecular formula is C17H22ClN3O. The predicted molar refractivity (Wildman–Crippen MR) is 88.2 cm³/mol. The van der Waals surface area contributed by atoms with Gasteiger partial charge in [-0.3, -0.25) is 9.58 Å². The van der Waals surface area contributed by atoms with E-state index in [1.54, 1.807) is 0 Å². The summed E-state index contributed by atoms with van der Waals surface area (Å²) in [6.07, 6.45) is 5.25. The molecule has 5 heteroatoms. The molecule has 1 aliphatic rings. The molecule has 0 aliphatic carbocycles. The SMILES string of the molecule is CCn1cc(CCN2CCOC(c3cccc(Cl)c3)C2)cn1. The summed E-state index contributed by atoms with van der Waals surface area (Å²) in [5, 5.41) is 5.10. The van der Waals surface area contributed by atoms with E-state index in [1.165, 1.54) is 5.56 Å². The maximum Gasteiger partial charge on any atom is 0.0952 e. The van der Waals surface area contributed by atoms with Crippen LogP contribution < -0.4 is 0 Å². The molecule has 2 heterocycles. The average molecular weight is 320 g/mol. The fourth-order valence-electron chi connectivity index (χ4n) is 2.81. The van der Waals surface area contributed by atoms with Crippen LogP contribution in [0.5, 0.6) is 0 Å². The first-order valence-electron chi connectivity index (χ1n) is 7.85. The molecule has 118 valence electrons. The van der Waals surface area contributed by atoms with Gasteiger partial charge in [-0.05, 0) is 36.6 Å². The maximum absolute atomic E-state index is 6.08. The Labute approximate surface area is 136 Å². The second-order valence-electron chi connectivity index (χ2n) is 5.67. The Hall–Kier alpha value is -1.36. The van der Waals surface area contributed by atoms with Crippen LogP contribution in [0.1, 0.15) is 24.2 Å². The highest BCUT2D eigenvalue weighted by Crippen LogP contribution is 2.24. The molecule has 1 aromatic heterocycles. The Balaban J connectivity index is 1.56. The smallest absolute Gasteiger partial charge is 0.0952 e. The molecule has 2 aromatic rings. The molecule has 1 fully saturated rings. The Bertz CT molecular complexity index is 613. The van der Waals surface area contributed by atoms with Crippen LogP contribution in [0.4, 0.5) is 0 Å². The summed E-state index contributed by atoms with van der Waals surface area (Å²) < 4.78 is 7.88. The highest BCUT2D eigenvalue weighted by atomic mass is 35.5. The number of aromatic nitrogens is 2. The van der Waals surface area contributed by atoms with Crippen LogP contribution in [-0.2, 0) is 17.7 Å². The third-order valence-corrected chi connectivity index (χ3v) is 4.33. The number of hydrogen-bond donors (Lipinski definition) is 0. The standard InChI is InChI=1S/C17H22ClN3O/c1-2-21-12-14(11-19-21)6-7-20-8-9-22-17(13-20)15-4-3-5-16(18)10-15/h3-5,10-12,17H,2,6-9,13H2,1H3. The normalized spacial score (nSPS) is 19.5. The minimum absolute atomic E-state index is 0.116. The molecule has 0 radical (unpaired) electrons. The van der Waals surface area contributed by atoms with E-state index in [0.717, 1.165) is 49.8 Å². The predicted octanol–water partition coefficient (Wildman–Crippen LogP) is 3.17. The number of hydrogen-bond acceptors (Lipinski definition) is 3. The van der Waals surface area contributed by atoms with Gasteiger partial charge in [-0.15, -0.1) is 0 Å². The summed E-state index contributed by atoms with van der Waals surface area (Å²) in [6.45, 7) is 6.74. The number of rotatable bonds is 5. The van der Waals surface area contributed by atoms with Gasteiger partial charge in [-0.25, -0.2) is 0 Å². The molecule has 1 aliphatic heterocycles. The van der Waals surface area contributed by atoms with Gasteiger partial charge in [0.25, 0.3) is 0 Å². The fourth-order valence-corrected chi connectivity index (χ4v) is 3.01. The summed E-state index contributed by atoms with van der Waals surface area (Å²) in [4.78, 5) is 2.46. The number of morpholine rings is 1. The third kappa shape index (κ3) is 3.88. The first-order chi connectivity index (χ1) is 10.7. The molecule has 0 N–H and O–H groups in total. The van der Waals surface area contributed by atoms with Crippen molar-refractivity contribution in [2.45, 2.75) is 26.0 Å². The van der Waals surface area contributed by atoms with Gasteiger partial charge in [0.1, 0.15) is 0 Å². The molecule has 1 aromatic carbocycles. The van der Waals surface area contributed by atoms with E-state index in [2.05, 4.69) is 29.2 Å². The van der Waals surface area contributed by atoms with Gasteiger partial charge < -0.3 is 4.74 Å². The van der Waals surface area contributed by atoms with Crippen molar-refractivity contribution in [3.63, 3.8) is 0 Å². The summed E-state index contributed by atoms with van der Waals surface area (Å²) in [7, 11) is 0. The van der Waals surface area contributed by atoms with Crippen LogP contribution in [-0.4, -0.2) is 40.9 Å². The van der Waals surface area contributed by atoms with E-state index in [4.69, 9.17) is 16.3 Å². The summed E-state index contributed by atoms with van der Waals surface area (Å²) in [5.41, 5.74) is 2.46. The fraction of sp³-hybridized carbons (Fsp3) is 0.471. The van der Waals surface area contributed by atoms with Crippen molar-refractivity contribution >= 4 is 11.6 Å². The zero-order valence-electron chi connectivity index (χ0n) is 12.9. The average Bonchev–Trinajstić information content (AvgIpc) is 3.01. The van der Waals surface area contributed by atoms with Gasteiger partial charge in [-0.1, -0.05) is 23.7 Å². The van der Waals surface area contributed by atoms with Crippen LogP contribution in [0.15, 0.2) is 36.7 Å². The lowest BCUT2D eigenvalue weighted by atomic mass is 10.1. The van der Waals surface area contributed by atoms with Gasteiger partial charge >= 0.3 is 0 Å². The van der Waals surface area contributed by atoms with Crippen LogP contribution >= 0.6 is 11.6 Å². The van der Waals surface area contributed by atoms with Crippen molar-refractivity contribution in [2.24, 2.45) is 0 Å². The minimum Gasteiger partial charge on any atom is -0.371 e. The molecule has 0 amide bonds. The monoisotopic (exact) mass is 319 g/mol. The van der Waals surface area contributed by atoms with Crippen LogP contribution in [0, 0.1) is 0 Å². The van der Waals surface area contributed by atoms with Crippen molar-refractivity contribution in [1.82, 2.24) is 14.7 Å². The number of nitrogens with zero attached hydrogens (tertiary/aromatic N) is 3. The molecule has 1 unspecified atom stereocenters. The molecule has 0 saturated carbocycles. The zero-order valence-corrected chi connectivity index (χ0v) is 13.7. The van der Waals surface area contributed by atoms with Crippen molar-refractivity contribution in [3.05, 3.63) is 52.8 Å². The van der Waals surface area contributed by atoms with Gasteiger partial charge in [0, 0.05) is 37.4 Å². The van der Waals surface area contributed by atoms with Crippen molar-refractivity contribution in [1.29, 1.82) is 0 Å². The number of benzene rings is 1. The molecule has 0 spiro atoms. The summed E-state index contributed by atoms with van der Waals surface area (Å²) >= 11 is 6.08. The maximum atomic E-state index is 6.08. The number of aryl methyl sites for hydroxylation is 1. The second-order valence-corrected chi connectivity index (χ2v) is 6.11. The van der Waals surface area contributed by atoms with Gasteiger partial charge in [0.05, 0.1) is 18.9 Å². The lowest BCUT2D eigenvalue weighted by Crippen LogP contribution is -2.39. The lowest BCUT2D eigenvalue weighted by Gasteiger charge is -2.33. The molecule has 1 atom stereocenters. The molecule has 0 bridgehead atoms. The largest absolute Gasteiger partial charge is 0.371 e. The molecule has 3 rings (SSSR count). The van der Waals surface area contributed by atoms with E-state index in [1.807, 2.05) is 29.1 Å². The zero-order chi connectivity index (χ0) is 15.4. The number of halogens is 1. The van der Waals surface area contributed by atoms with Crippen LogP contribution in [0.25, 0.3) is 0 Å². The van der Waals surface area contributed by atoms with Crippen LogP contribution in [0.3, 0.4) is 0 Å². The van der Waals surface area contributed by atoms with E-state index in [9.17, 15) is 0 Å². The molecular weight excluding hydrogens is 298 g/mol. The lowest BCUT2D eigenvalue weighted by molar-refractivity contribution is -0.0295. The molecule has 4 nitrogen and oxygen atoms in total. The highest BCUT2D eigenvalue weighted by Gasteiger charge is 2.21. The van der Waals surface area contributed by atoms with Gasteiger partial charge in [0.15, 0.2) is 0 Å². The van der Waals surface area contributed by atoms with Gasteiger partial charge in [0.2, 0.25) is 0 Å². The van der Waals surface area contributed by atoms with E-state index < -0.39 is 0 Å². The topological polar surface area (TPSA) is 30.3 Å². The summed E-state index contributed by atoms with van der Waals surface area (Å²) in [5.74, 6) is 0. The van der Waals surface area contributed by atoms with Gasteiger partial charge in [-0.2, -0.15) is 5.10 Å². The van der Waals surface area contributed by atoms with Crippen molar-refractivity contribution in [3.8, 4) is 0 Å². The van der Waals surface area contributed by atoms with Crippen molar-refractivity contribution in [2.75, 3.05) is 26.2 Å². The first-order valence-corrected chi connectivity index (χ1v) is 8.23. The number of ether oxygens (including phenoxy) is 1. The quantitative estimate of drug-likeness (QED) is 0.848. The van der Waals surface area contributed by atoms with E-state index in [-0.39, 0.29) is 6.10 Å². The first kappa shape index (κ1) is 15.5. The second kappa shape index (κ2) is 7.27. The summed E-state index contributed by atoms with van der Waals surface area (Å²) in [6, 6.07) is 7.97. The van der Waals surface area contributed by atoms with E-state index in [0.29, 0.717) is 0 Å². The molecule has 22 heavy (non-hydrogen) atoms. The van der Waals surface area contributed by atoms with E-state index >= 15 is 0 Å². The van der Waals surface area contributed by atoms with Crippen molar-refractivity contribution < 1.29 is 4.74 Å². The third-order valence-electron chi connectivity index (χ3n) is 4.10. The highest BCUT2D eigenvalue weighted by molar-refractivity contribution is 6.30. The Kier molecular flexibility index (Phi) is 5.13. The Morgan fingerprint density at radius 3 is 3.09 bits per heavy atom. The minimum atomic E-state index is 0.116. The Morgan fingerprint density at radius 1 is 1.41 bits per heavy atom.